The zero-order valence-electron chi connectivity index (χ0n) is 11.6. The van der Waals surface area contributed by atoms with Gasteiger partial charge in [-0.3, -0.25) is 9.69 Å². The molecule has 1 unspecified atom stereocenters. The molecule has 0 bridgehead atoms. The highest BCUT2D eigenvalue weighted by Gasteiger charge is 2.23. The van der Waals surface area contributed by atoms with Gasteiger partial charge in [0.2, 0.25) is 0 Å². The quantitative estimate of drug-likeness (QED) is 0.764. The van der Waals surface area contributed by atoms with Crippen molar-refractivity contribution in [1.82, 2.24) is 4.90 Å². The first-order valence-electron chi connectivity index (χ1n) is 6.89. The molecule has 104 valence electrons. The molecule has 1 aromatic carbocycles. The van der Waals surface area contributed by atoms with Gasteiger partial charge in [0.05, 0.1) is 12.6 Å². The Morgan fingerprint density at radius 3 is 3.00 bits per heavy atom. The normalized spacial score (nSPS) is 15.2. The van der Waals surface area contributed by atoms with Crippen LogP contribution in [0.4, 0.5) is 5.69 Å². The van der Waals surface area contributed by atoms with Crippen LogP contribution in [0.3, 0.4) is 0 Å². The molecule has 1 aromatic rings. The summed E-state index contributed by atoms with van der Waals surface area (Å²) in [6, 6.07) is 5.75. The van der Waals surface area contributed by atoms with Crippen molar-refractivity contribution >= 4 is 11.5 Å². The SMILES string of the molecule is CCC(C(=O)c1ccc2c(c1)CCN2)N(C)CCO. The van der Waals surface area contributed by atoms with E-state index in [0.29, 0.717) is 6.54 Å². The summed E-state index contributed by atoms with van der Waals surface area (Å²) in [5.41, 5.74) is 3.15. The van der Waals surface area contributed by atoms with E-state index in [4.69, 9.17) is 5.11 Å². The Kier molecular flexibility index (Phi) is 4.56. The number of fused-ring (bicyclic) bond motifs is 1. The minimum absolute atomic E-state index is 0.0778. The predicted octanol–water partition coefficient (Wildman–Crippen LogP) is 1.54. The van der Waals surface area contributed by atoms with Crippen molar-refractivity contribution in [2.45, 2.75) is 25.8 Å². The van der Waals surface area contributed by atoms with Crippen LogP contribution in [0.25, 0.3) is 0 Å². The third-order valence-electron chi connectivity index (χ3n) is 3.77. The minimum Gasteiger partial charge on any atom is -0.395 e. The van der Waals surface area contributed by atoms with Crippen molar-refractivity contribution in [1.29, 1.82) is 0 Å². The molecule has 1 aliphatic rings. The fourth-order valence-electron chi connectivity index (χ4n) is 2.66. The highest BCUT2D eigenvalue weighted by atomic mass is 16.3. The number of aliphatic hydroxyl groups is 1. The molecule has 0 saturated heterocycles. The lowest BCUT2D eigenvalue weighted by atomic mass is 9.98. The number of carbonyl (C=O) groups excluding carboxylic acids is 1. The van der Waals surface area contributed by atoms with Gasteiger partial charge in [0.25, 0.3) is 0 Å². The van der Waals surface area contributed by atoms with Gasteiger partial charge in [-0.1, -0.05) is 6.92 Å². The molecule has 0 radical (unpaired) electrons. The van der Waals surface area contributed by atoms with Gasteiger partial charge in [-0.15, -0.1) is 0 Å². The zero-order chi connectivity index (χ0) is 13.8. The topological polar surface area (TPSA) is 52.6 Å². The van der Waals surface area contributed by atoms with Crippen LogP contribution in [0, 0.1) is 0 Å². The summed E-state index contributed by atoms with van der Waals surface area (Å²) < 4.78 is 0. The molecule has 4 heteroatoms. The first-order valence-corrected chi connectivity index (χ1v) is 6.89. The number of ketones is 1. The van der Waals surface area contributed by atoms with Crippen LogP contribution in [-0.2, 0) is 6.42 Å². The van der Waals surface area contributed by atoms with Gasteiger partial charge in [0.1, 0.15) is 0 Å². The Balaban J connectivity index is 2.17. The van der Waals surface area contributed by atoms with E-state index < -0.39 is 0 Å². The largest absolute Gasteiger partial charge is 0.395 e. The van der Waals surface area contributed by atoms with Gasteiger partial charge in [-0.05, 0) is 43.7 Å². The molecule has 4 nitrogen and oxygen atoms in total. The van der Waals surface area contributed by atoms with Crippen molar-refractivity contribution in [2.75, 3.05) is 32.1 Å². The Hall–Kier alpha value is -1.39. The second-order valence-electron chi connectivity index (χ2n) is 5.04. The summed E-state index contributed by atoms with van der Waals surface area (Å²) in [6.07, 6.45) is 1.74. The second kappa shape index (κ2) is 6.17. The maximum absolute atomic E-state index is 12.5. The summed E-state index contributed by atoms with van der Waals surface area (Å²) in [6.45, 7) is 3.56. The molecule has 19 heavy (non-hydrogen) atoms. The number of nitrogens with one attached hydrogen (secondary N) is 1. The first kappa shape index (κ1) is 14.0. The summed E-state index contributed by atoms with van der Waals surface area (Å²) in [4.78, 5) is 14.5. The van der Waals surface area contributed by atoms with E-state index in [-0.39, 0.29) is 18.4 Å². The predicted molar refractivity (Wildman–Crippen MR) is 76.8 cm³/mol. The number of anilines is 1. The van der Waals surface area contributed by atoms with Crippen LogP contribution in [0.2, 0.25) is 0 Å². The first-order chi connectivity index (χ1) is 9.17. The van der Waals surface area contributed by atoms with Crippen LogP contribution in [0.15, 0.2) is 18.2 Å². The monoisotopic (exact) mass is 262 g/mol. The summed E-state index contributed by atoms with van der Waals surface area (Å²) >= 11 is 0. The number of benzene rings is 1. The van der Waals surface area contributed by atoms with Crippen molar-refractivity contribution in [2.24, 2.45) is 0 Å². The van der Waals surface area contributed by atoms with Crippen LogP contribution in [0.5, 0.6) is 0 Å². The highest BCUT2D eigenvalue weighted by Crippen LogP contribution is 2.24. The van der Waals surface area contributed by atoms with E-state index in [1.54, 1.807) is 0 Å². The Bertz CT molecular complexity index is 459. The summed E-state index contributed by atoms with van der Waals surface area (Å²) in [7, 11) is 1.89. The van der Waals surface area contributed by atoms with Gasteiger partial charge in [0.15, 0.2) is 5.78 Å². The third-order valence-corrected chi connectivity index (χ3v) is 3.77. The third kappa shape index (κ3) is 2.96. The standard InChI is InChI=1S/C15H22N2O2/c1-3-14(17(2)8-9-18)15(19)12-4-5-13-11(10-12)6-7-16-13/h4-5,10,14,16,18H,3,6-9H2,1-2H3. The fraction of sp³-hybridized carbons (Fsp3) is 0.533. The number of Topliss-reactive ketones (excluding diaryl/α,β-unsaturated/α-hetero) is 1. The molecule has 2 rings (SSSR count). The van der Waals surface area contributed by atoms with Crippen LogP contribution in [0.1, 0.15) is 29.3 Å². The number of aliphatic hydroxyl groups excluding tert-OH is 1. The van der Waals surface area contributed by atoms with Crippen LogP contribution >= 0.6 is 0 Å². The average Bonchev–Trinajstić information content (AvgIpc) is 2.86. The van der Waals surface area contributed by atoms with Crippen LogP contribution < -0.4 is 5.32 Å². The minimum atomic E-state index is -0.153. The van der Waals surface area contributed by atoms with Gasteiger partial charge in [0, 0.05) is 24.3 Å². The number of hydrogen-bond donors (Lipinski definition) is 2. The van der Waals surface area contributed by atoms with Gasteiger partial charge in [-0.25, -0.2) is 0 Å². The maximum Gasteiger partial charge on any atom is 0.179 e. The fourth-order valence-corrected chi connectivity index (χ4v) is 2.66. The smallest absolute Gasteiger partial charge is 0.179 e. The van der Waals surface area contributed by atoms with Crippen LogP contribution in [-0.4, -0.2) is 48.6 Å². The van der Waals surface area contributed by atoms with Gasteiger partial charge in [-0.2, -0.15) is 0 Å². The molecular formula is C15H22N2O2. The number of nitrogens with zero attached hydrogens (tertiary/aromatic N) is 1. The maximum atomic E-state index is 12.5. The molecule has 1 atom stereocenters. The van der Waals surface area contributed by atoms with E-state index in [1.807, 2.05) is 37.1 Å². The molecule has 1 aliphatic heterocycles. The highest BCUT2D eigenvalue weighted by molar-refractivity contribution is 6.00. The Morgan fingerprint density at radius 1 is 1.53 bits per heavy atom. The van der Waals surface area contributed by atoms with Gasteiger partial charge >= 0.3 is 0 Å². The van der Waals surface area contributed by atoms with Crippen molar-refractivity contribution in [3.8, 4) is 0 Å². The zero-order valence-corrected chi connectivity index (χ0v) is 11.6. The number of likely N-dealkylation sites (N-methyl/N-ethyl adjacent to an activating group) is 1. The van der Waals surface area contributed by atoms with E-state index in [9.17, 15) is 4.79 Å². The molecule has 0 amide bonds. The number of rotatable bonds is 6. The van der Waals surface area contributed by atoms with Crippen molar-refractivity contribution < 1.29 is 9.90 Å². The summed E-state index contributed by atoms with van der Waals surface area (Å²) in [5, 5.41) is 12.3. The van der Waals surface area contributed by atoms with E-state index in [0.717, 1.165) is 30.6 Å². The molecule has 0 saturated carbocycles. The van der Waals surface area contributed by atoms with E-state index in [2.05, 4.69) is 5.32 Å². The Morgan fingerprint density at radius 2 is 2.32 bits per heavy atom. The second-order valence-corrected chi connectivity index (χ2v) is 5.04. The number of carbonyl (C=O) groups is 1. The molecule has 1 heterocycles. The Labute approximate surface area is 114 Å². The molecular weight excluding hydrogens is 240 g/mol. The molecule has 2 N–H and O–H groups in total. The summed E-state index contributed by atoms with van der Waals surface area (Å²) in [5.74, 6) is 0.146. The lowest BCUT2D eigenvalue weighted by Crippen LogP contribution is -2.39. The van der Waals surface area contributed by atoms with E-state index in [1.165, 1.54) is 5.56 Å². The van der Waals surface area contributed by atoms with Crippen molar-refractivity contribution in [3.05, 3.63) is 29.3 Å². The lowest BCUT2D eigenvalue weighted by Gasteiger charge is -2.25. The molecule has 0 aliphatic carbocycles. The number of hydrogen-bond acceptors (Lipinski definition) is 4. The average molecular weight is 262 g/mol. The van der Waals surface area contributed by atoms with E-state index >= 15 is 0 Å². The lowest BCUT2D eigenvalue weighted by molar-refractivity contribution is 0.0823. The molecule has 0 fully saturated rings. The molecule has 0 spiro atoms. The molecule has 0 aromatic heterocycles. The van der Waals surface area contributed by atoms with Gasteiger partial charge < -0.3 is 10.4 Å². The van der Waals surface area contributed by atoms with Crippen molar-refractivity contribution in [3.63, 3.8) is 0 Å².